The molecule has 0 amide bonds. The molecule has 0 atom stereocenters. The number of aromatic nitrogens is 1. The van der Waals surface area contributed by atoms with Crippen LogP contribution in [0.25, 0.3) is 12.2 Å². The van der Waals surface area contributed by atoms with Crippen molar-refractivity contribution in [1.82, 2.24) is 4.57 Å². The first kappa shape index (κ1) is 17.3. The van der Waals surface area contributed by atoms with Gasteiger partial charge in [-0.3, -0.25) is 9.14 Å². The zero-order valence-corrected chi connectivity index (χ0v) is 16.1. The molecule has 2 aromatic rings. The normalized spacial score (nSPS) is 18.4. The predicted octanol–water partition coefficient (Wildman–Crippen LogP) is 1.94. The molecule has 4 rings (SSSR count). The molecule has 0 unspecified atom stereocenters. The van der Waals surface area contributed by atoms with E-state index in [9.17, 15) is 5.11 Å². The van der Waals surface area contributed by atoms with Gasteiger partial charge < -0.3 is 9.84 Å². The molecule has 1 fully saturated rings. The van der Waals surface area contributed by atoms with E-state index >= 15 is 0 Å². The predicted molar refractivity (Wildman–Crippen MR) is 106 cm³/mol. The maximum Gasteiger partial charge on any atom is 0.326 e. The van der Waals surface area contributed by atoms with Crippen LogP contribution in [0.15, 0.2) is 34.8 Å². The highest BCUT2D eigenvalue weighted by Gasteiger charge is 2.24. The zero-order chi connectivity index (χ0) is 18.1. The second-order valence-corrected chi connectivity index (χ2v) is 7.81. The van der Waals surface area contributed by atoms with E-state index < -0.39 is 0 Å². The minimum Gasteiger partial charge on any atom is -0.493 e. The lowest BCUT2D eigenvalue weighted by molar-refractivity contribution is -0.549. The minimum atomic E-state index is 0.226. The van der Waals surface area contributed by atoms with Crippen molar-refractivity contribution in [2.45, 2.75) is 13.5 Å². The summed E-state index contributed by atoms with van der Waals surface area (Å²) in [7, 11) is 0. The number of morpholine rings is 1. The van der Waals surface area contributed by atoms with Crippen LogP contribution in [-0.2, 0) is 11.3 Å². The summed E-state index contributed by atoms with van der Waals surface area (Å²) in [5.41, 5.74) is 0.986. The van der Waals surface area contributed by atoms with Crippen molar-refractivity contribution in [3.8, 4) is 5.88 Å². The molecule has 0 saturated carbocycles. The number of para-hydroxylation sites is 1. The lowest BCUT2D eigenvalue weighted by Crippen LogP contribution is -2.38. The van der Waals surface area contributed by atoms with Crippen molar-refractivity contribution in [3.05, 3.63) is 49.2 Å². The summed E-state index contributed by atoms with van der Waals surface area (Å²) >= 11 is 6.79. The standard InChI is InChI=1S/C19H19N3O2S2/c1-2-22-18(23)16(26-19(22)25)12-14-11-13-5-3-4-6-15(13)20-17(14)21-7-9-24-10-8-21/h3-6,11-12H,2,7-10H2,1H3/p+1. The van der Waals surface area contributed by atoms with Crippen molar-refractivity contribution in [1.29, 1.82) is 0 Å². The molecule has 3 heterocycles. The van der Waals surface area contributed by atoms with E-state index in [0.29, 0.717) is 23.7 Å². The Hall–Kier alpha value is -2.09. The topological polar surface area (TPSA) is 49.8 Å². The number of ether oxygens (including phenoxy) is 1. The molecule has 2 aliphatic heterocycles. The fraction of sp³-hybridized carbons (Fsp3) is 0.316. The van der Waals surface area contributed by atoms with Gasteiger partial charge in [0.1, 0.15) is 13.1 Å². The van der Waals surface area contributed by atoms with Crippen LogP contribution in [0.5, 0.6) is 5.88 Å². The summed E-state index contributed by atoms with van der Waals surface area (Å²) in [5.74, 6) is 1.15. The Kier molecular flexibility index (Phi) is 4.84. The average Bonchev–Trinajstić information content (AvgIpc) is 2.94. The van der Waals surface area contributed by atoms with Crippen LogP contribution < -0.4 is 10.6 Å². The van der Waals surface area contributed by atoms with Gasteiger partial charge in [0.05, 0.1) is 23.7 Å². The number of hydrogen-bond acceptors (Lipinski definition) is 4. The Morgan fingerprint density at radius 1 is 1.35 bits per heavy atom. The molecule has 1 saturated heterocycles. The fourth-order valence-corrected chi connectivity index (χ4v) is 4.57. The van der Waals surface area contributed by atoms with Crippen molar-refractivity contribution in [3.63, 3.8) is 0 Å². The largest absolute Gasteiger partial charge is 0.493 e. The van der Waals surface area contributed by atoms with E-state index in [0.717, 1.165) is 40.0 Å². The van der Waals surface area contributed by atoms with Crippen LogP contribution in [0.1, 0.15) is 11.8 Å². The molecule has 26 heavy (non-hydrogen) atoms. The Morgan fingerprint density at radius 3 is 2.85 bits per heavy atom. The van der Waals surface area contributed by atoms with Crippen molar-refractivity contribution < 1.29 is 14.4 Å². The van der Waals surface area contributed by atoms with Crippen LogP contribution in [0.2, 0.25) is 0 Å². The van der Waals surface area contributed by atoms with Gasteiger partial charge in [-0.15, -0.1) is 11.3 Å². The van der Waals surface area contributed by atoms with Gasteiger partial charge in [-0.2, -0.15) is 0 Å². The number of amidine groups is 1. The molecule has 0 spiro atoms. The molecule has 2 aliphatic rings. The highest BCUT2D eigenvalue weighted by atomic mass is 32.1. The quantitative estimate of drug-likeness (QED) is 0.634. The van der Waals surface area contributed by atoms with E-state index in [2.05, 4.69) is 16.7 Å². The van der Waals surface area contributed by atoms with Crippen LogP contribution in [0.3, 0.4) is 0 Å². The summed E-state index contributed by atoms with van der Waals surface area (Å²) in [6, 6.07) is 8.09. The molecular weight excluding hydrogens is 366 g/mol. The summed E-state index contributed by atoms with van der Waals surface area (Å²) in [4.78, 5) is 5.67. The molecule has 5 nitrogen and oxygen atoms in total. The van der Waals surface area contributed by atoms with Gasteiger partial charge in [0.25, 0.3) is 0 Å². The van der Waals surface area contributed by atoms with Gasteiger partial charge in [-0.05, 0) is 42.4 Å². The number of aromatic hydroxyl groups is 1. The Labute approximate surface area is 160 Å². The summed E-state index contributed by atoms with van der Waals surface area (Å²) in [6.45, 7) is 5.65. The third-order valence-corrected chi connectivity index (χ3v) is 5.93. The maximum absolute atomic E-state index is 10.5. The number of rotatable bonds is 2. The van der Waals surface area contributed by atoms with Crippen molar-refractivity contribution in [2.24, 2.45) is 4.99 Å². The summed E-state index contributed by atoms with van der Waals surface area (Å²) in [6.07, 6.45) is 4.12. The number of nitrogens with zero attached hydrogens (tertiary/aromatic N) is 3. The summed E-state index contributed by atoms with van der Waals surface area (Å²) in [5, 5.41) is 12.6. The van der Waals surface area contributed by atoms with E-state index in [1.165, 1.54) is 11.3 Å². The Balaban J connectivity index is 1.92. The number of hydrogen-bond donors (Lipinski definition) is 1. The first-order chi connectivity index (χ1) is 12.7. The molecule has 1 aromatic heterocycles. The second kappa shape index (κ2) is 7.26. The van der Waals surface area contributed by atoms with Gasteiger partial charge in [0.15, 0.2) is 9.31 Å². The highest BCUT2D eigenvalue weighted by Crippen LogP contribution is 2.29. The Bertz CT molecular complexity index is 1080. The van der Waals surface area contributed by atoms with Crippen LogP contribution >= 0.6 is 23.6 Å². The van der Waals surface area contributed by atoms with Gasteiger partial charge in [0, 0.05) is 11.8 Å². The van der Waals surface area contributed by atoms with Crippen LogP contribution in [0.4, 0.5) is 0 Å². The first-order valence-corrected chi connectivity index (χ1v) is 9.89. The van der Waals surface area contributed by atoms with Crippen molar-refractivity contribution >= 4 is 41.5 Å². The first-order valence-electron chi connectivity index (χ1n) is 8.67. The van der Waals surface area contributed by atoms with Gasteiger partial charge in [0.2, 0.25) is 5.88 Å². The second-order valence-electron chi connectivity index (χ2n) is 6.14. The number of thiazole rings is 1. The average molecular weight is 387 g/mol. The molecule has 0 bridgehead atoms. The fourth-order valence-electron chi connectivity index (χ4n) is 3.19. The lowest BCUT2D eigenvalue weighted by Gasteiger charge is -2.16. The third kappa shape index (κ3) is 3.18. The third-order valence-electron chi connectivity index (χ3n) is 4.54. The smallest absolute Gasteiger partial charge is 0.326 e. The molecular formula is C19H20N3O2S2+. The minimum absolute atomic E-state index is 0.226. The number of benzene rings is 1. The van der Waals surface area contributed by atoms with E-state index in [1.807, 2.05) is 31.2 Å². The van der Waals surface area contributed by atoms with E-state index in [1.54, 1.807) is 4.57 Å². The van der Waals surface area contributed by atoms with Crippen LogP contribution in [-0.4, -0.2) is 46.4 Å². The van der Waals surface area contributed by atoms with E-state index in [-0.39, 0.29) is 5.88 Å². The lowest BCUT2D eigenvalue weighted by atomic mass is 10.1. The van der Waals surface area contributed by atoms with Crippen LogP contribution in [0, 0.1) is 3.95 Å². The maximum atomic E-state index is 10.5. The monoisotopic (exact) mass is 386 g/mol. The van der Waals surface area contributed by atoms with Gasteiger partial charge in [-0.25, -0.2) is 0 Å². The molecule has 1 N–H and O–H groups in total. The zero-order valence-electron chi connectivity index (χ0n) is 14.5. The number of fused-ring (bicyclic) bond motifs is 1. The van der Waals surface area contributed by atoms with Gasteiger partial charge >= 0.3 is 5.84 Å². The molecule has 7 heteroatoms. The molecule has 1 aromatic carbocycles. The van der Waals surface area contributed by atoms with Gasteiger partial charge in [-0.1, -0.05) is 18.2 Å². The van der Waals surface area contributed by atoms with E-state index in [4.69, 9.17) is 21.9 Å². The summed E-state index contributed by atoms with van der Waals surface area (Å²) < 4.78 is 10.2. The Morgan fingerprint density at radius 2 is 2.12 bits per heavy atom. The molecule has 0 aliphatic carbocycles. The molecule has 0 radical (unpaired) electrons. The molecule has 134 valence electrons. The SMILES string of the molecule is CCn1c(O)c(/C=C2\C=c3ccccc3=NC2=[N+]2CCOCC2)sc1=S. The van der Waals surface area contributed by atoms with Crippen molar-refractivity contribution in [2.75, 3.05) is 26.3 Å². The highest BCUT2D eigenvalue weighted by molar-refractivity contribution is 7.73.